The molecule has 9 aromatic rings. The molecule has 0 N–H and O–H groups in total. The van der Waals surface area contributed by atoms with Gasteiger partial charge < -0.3 is 8.83 Å². The van der Waals surface area contributed by atoms with Crippen LogP contribution in [-0.4, -0.2) is 0 Å². The lowest BCUT2D eigenvalue weighted by Gasteiger charge is -2.25. The smallest absolute Gasteiger partial charge is 0.143 e. The van der Waals surface area contributed by atoms with E-state index in [1.54, 1.807) is 0 Å². The Morgan fingerprint density at radius 1 is 0.479 bits per heavy atom. The first-order chi connectivity index (χ1) is 23.8. The monoisotopic (exact) mass is 612 g/mol. The molecule has 2 nitrogen and oxygen atoms in total. The number of hydrogen-bond acceptors (Lipinski definition) is 2. The zero-order valence-corrected chi connectivity index (χ0v) is 26.0. The van der Waals surface area contributed by atoms with E-state index >= 15 is 0 Å². The second kappa shape index (κ2) is 9.70. The number of furan rings is 2. The Bertz CT molecular complexity index is 2920. The Labute approximate surface area is 276 Å². The lowest BCUT2D eigenvalue weighted by Crippen LogP contribution is -2.07. The van der Waals surface area contributed by atoms with Gasteiger partial charge in [-0.3, -0.25) is 0 Å². The van der Waals surface area contributed by atoms with Crippen LogP contribution in [0.1, 0.15) is 12.0 Å². The van der Waals surface area contributed by atoms with Crippen molar-refractivity contribution in [2.24, 2.45) is 5.92 Å². The van der Waals surface area contributed by atoms with Crippen molar-refractivity contribution in [1.82, 2.24) is 0 Å². The maximum atomic E-state index is 6.66. The Hall–Kier alpha value is -6.12. The van der Waals surface area contributed by atoms with Crippen LogP contribution in [0.5, 0.6) is 0 Å². The van der Waals surface area contributed by atoms with Gasteiger partial charge in [-0.05, 0) is 97.6 Å². The Morgan fingerprint density at radius 2 is 1.12 bits per heavy atom. The Kier molecular flexibility index (Phi) is 5.25. The summed E-state index contributed by atoms with van der Waals surface area (Å²) in [7, 11) is 0. The van der Waals surface area contributed by atoms with Crippen molar-refractivity contribution in [2.45, 2.75) is 6.42 Å². The molecule has 2 heteroatoms. The largest absolute Gasteiger partial charge is 0.456 e. The van der Waals surface area contributed by atoms with Crippen LogP contribution < -0.4 is 0 Å². The molecular weight excluding hydrogens is 585 g/mol. The molecule has 11 rings (SSSR count). The van der Waals surface area contributed by atoms with Gasteiger partial charge in [-0.1, -0.05) is 115 Å². The van der Waals surface area contributed by atoms with Gasteiger partial charge in [0.1, 0.15) is 22.3 Å². The Morgan fingerprint density at radius 3 is 1.94 bits per heavy atom. The van der Waals surface area contributed by atoms with Crippen molar-refractivity contribution in [1.29, 1.82) is 0 Å². The summed E-state index contributed by atoms with van der Waals surface area (Å²) in [5, 5.41) is 11.9. The van der Waals surface area contributed by atoms with E-state index in [2.05, 4.69) is 140 Å². The van der Waals surface area contributed by atoms with E-state index in [1.807, 2.05) is 12.1 Å². The summed E-state index contributed by atoms with van der Waals surface area (Å²) < 4.78 is 12.9. The van der Waals surface area contributed by atoms with E-state index in [9.17, 15) is 0 Å². The lowest BCUT2D eigenvalue weighted by molar-refractivity contribution is 0.669. The van der Waals surface area contributed by atoms with Crippen LogP contribution in [0.4, 0.5) is 0 Å². The highest BCUT2D eigenvalue weighted by atomic mass is 16.3. The van der Waals surface area contributed by atoms with Crippen LogP contribution in [0.2, 0.25) is 0 Å². The van der Waals surface area contributed by atoms with Crippen molar-refractivity contribution < 1.29 is 8.83 Å². The molecule has 2 aliphatic carbocycles. The van der Waals surface area contributed by atoms with Gasteiger partial charge >= 0.3 is 0 Å². The van der Waals surface area contributed by atoms with Gasteiger partial charge in [0.05, 0.1) is 0 Å². The fourth-order valence-corrected chi connectivity index (χ4v) is 8.46. The number of fused-ring (bicyclic) bond motifs is 12. The summed E-state index contributed by atoms with van der Waals surface area (Å²) in [5.74, 6) is 0.420. The highest BCUT2D eigenvalue weighted by Gasteiger charge is 2.23. The number of hydrogen-bond donors (Lipinski definition) is 0. The fourth-order valence-electron chi connectivity index (χ4n) is 8.46. The summed E-state index contributed by atoms with van der Waals surface area (Å²) in [6.07, 6.45) is 14.6. The van der Waals surface area contributed by atoms with Crippen molar-refractivity contribution in [3.05, 3.63) is 163 Å². The summed E-state index contributed by atoms with van der Waals surface area (Å²) >= 11 is 0. The van der Waals surface area contributed by atoms with Crippen LogP contribution in [0.15, 0.2) is 166 Å². The second-order valence-corrected chi connectivity index (χ2v) is 13.1. The van der Waals surface area contributed by atoms with E-state index in [0.717, 1.165) is 61.1 Å². The highest BCUT2D eigenvalue weighted by molar-refractivity contribution is 6.26. The van der Waals surface area contributed by atoms with Crippen molar-refractivity contribution in [3.63, 3.8) is 0 Å². The molecule has 0 saturated heterocycles. The summed E-state index contributed by atoms with van der Waals surface area (Å²) in [6.45, 7) is 0. The van der Waals surface area contributed by atoms with E-state index in [0.29, 0.717) is 5.92 Å². The number of para-hydroxylation sites is 1. The summed E-state index contributed by atoms with van der Waals surface area (Å²) in [6, 6.07) is 41.5. The maximum absolute atomic E-state index is 6.66. The SMILES string of the molecule is C1=CC2=CC=C(c3c4ccccc4c(-c4ccc5oc6c(ccc7c6ccc6oc8ccccc8c67)c5c4)c4ccccc34)CC2C=C1. The van der Waals surface area contributed by atoms with Crippen LogP contribution in [0.3, 0.4) is 0 Å². The third kappa shape index (κ3) is 3.57. The first-order valence-electron chi connectivity index (χ1n) is 16.7. The van der Waals surface area contributed by atoms with Gasteiger partial charge in [-0.25, -0.2) is 0 Å². The van der Waals surface area contributed by atoms with Crippen LogP contribution in [-0.2, 0) is 0 Å². The molecule has 0 bridgehead atoms. The average Bonchev–Trinajstić information content (AvgIpc) is 3.72. The molecule has 0 radical (unpaired) electrons. The molecule has 0 spiro atoms. The predicted molar refractivity (Wildman–Crippen MR) is 201 cm³/mol. The van der Waals surface area contributed by atoms with Crippen LogP contribution >= 0.6 is 0 Å². The third-order valence-electron chi connectivity index (χ3n) is 10.6. The molecule has 0 aliphatic heterocycles. The topological polar surface area (TPSA) is 26.3 Å². The molecule has 7 aromatic carbocycles. The highest BCUT2D eigenvalue weighted by Crippen LogP contribution is 2.47. The minimum Gasteiger partial charge on any atom is -0.456 e. The quantitative estimate of drug-likeness (QED) is 0.182. The Balaban J connectivity index is 1.15. The molecule has 0 saturated carbocycles. The zero-order valence-electron chi connectivity index (χ0n) is 26.0. The number of rotatable bonds is 2. The molecule has 48 heavy (non-hydrogen) atoms. The predicted octanol–water partition coefficient (Wildman–Crippen LogP) is 13.1. The summed E-state index contributed by atoms with van der Waals surface area (Å²) in [4.78, 5) is 0. The normalized spacial score (nSPS) is 16.1. The summed E-state index contributed by atoms with van der Waals surface area (Å²) in [5.41, 5.74) is 10.2. The molecule has 2 heterocycles. The second-order valence-electron chi connectivity index (χ2n) is 13.1. The van der Waals surface area contributed by atoms with Gasteiger partial charge in [0, 0.05) is 32.8 Å². The van der Waals surface area contributed by atoms with Gasteiger partial charge in [0.25, 0.3) is 0 Å². The minimum absolute atomic E-state index is 0.420. The van der Waals surface area contributed by atoms with Crippen LogP contribution in [0.25, 0.3) is 92.9 Å². The molecule has 0 fully saturated rings. The van der Waals surface area contributed by atoms with Gasteiger partial charge in [-0.15, -0.1) is 0 Å². The molecule has 224 valence electrons. The fraction of sp³-hybridized carbons (Fsp3) is 0.0435. The lowest BCUT2D eigenvalue weighted by atomic mass is 9.79. The van der Waals surface area contributed by atoms with Crippen molar-refractivity contribution >= 4 is 81.8 Å². The molecule has 0 amide bonds. The third-order valence-corrected chi connectivity index (χ3v) is 10.6. The van der Waals surface area contributed by atoms with Gasteiger partial charge in [0.2, 0.25) is 0 Å². The molecular formula is C46H28O2. The maximum Gasteiger partial charge on any atom is 0.143 e. The van der Waals surface area contributed by atoms with Crippen LogP contribution in [0, 0.1) is 5.92 Å². The van der Waals surface area contributed by atoms with E-state index in [1.165, 1.54) is 49.4 Å². The first kappa shape index (κ1) is 26.0. The van der Waals surface area contributed by atoms with Crippen molar-refractivity contribution in [3.8, 4) is 11.1 Å². The van der Waals surface area contributed by atoms with E-state index in [-0.39, 0.29) is 0 Å². The zero-order chi connectivity index (χ0) is 31.3. The van der Waals surface area contributed by atoms with E-state index in [4.69, 9.17) is 8.83 Å². The van der Waals surface area contributed by atoms with Gasteiger partial charge in [-0.2, -0.15) is 0 Å². The van der Waals surface area contributed by atoms with Crippen molar-refractivity contribution in [2.75, 3.05) is 0 Å². The standard InChI is InChI=1S/C46H28O2/c1-2-10-28-25-29(18-17-27(28)9-1)43-31-11-3-5-13-33(31)44(34-14-6-4-12-32(34)43)30-19-23-41-39(26-30)37-21-20-35-36(46(37)48-41)22-24-42-45(35)38-15-7-8-16-40(38)47-42/h1-24,26,28H,25H2. The molecule has 2 aromatic heterocycles. The average molecular weight is 613 g/mol. The molecule has 1 unspecified atom stereocenters. The number of allylic oxidation sites excluding steroid dienone is 8. The first-order valence-corrected chi connectivity index (χ1v) is 16.7. The molecule has 2 aliphatic rings. The van der Waals surface area contributed by atoms with Gasteiger partial charge in [0.15, 0.2) is 0 Å². The minimum atomic E-state index is 0.420. The number of benzene rings is 7. The molecule has 1 atom stereocenters. The van der Waals surface area contributed by atoms with E-state index < -0.39 is 0 Å².